The molecule has 206 valence electrons. The van der Waals surface area contributed by atoms with Gasteiger partial charge in [-0.3, -0.25) is 10.3 Å². The molecule has 0 amide bonds. The highest BCUT2D eigenvalue weighted by atomic mass is 35.5. The number of halogens is 1. The maximum absolute atomic E-state index is 11.6. The average Bonchev–Trinajstić information content (AvgIpc) is 2.92. The van der Waals surface area contributed by atoms with E-state index in [4.69, 9.17) is 40.5 Å². The number of anilines is 1. The van der Waals surface area contributed by atoms with Crippen molar-refractivity contribution < 1.29 is 33.0 Å². The fourth-order valence-electron chi connectivity index (χ4n) is 3.00. The summed E-state index contributed by atoms with van der Waals surface area (Å²) >= 11 is 5.87. The Balaban J connectivity index is 1.61. The number of aromatic nitrogens is 1. The number of aliphatic imine (C=N–C) groups is 1. The molecule has 2 aromatic rings. The molecule has 0 saturated carbocycles. The van der Waals surface area contributed by atoms with Gasteiger partial charge < -0.3 is 29.0 Å². The minimum atomic E-state index is -0.781. The summed E-state index contributed by atoms with van der Waals surface area (Å²) in [5, 5.41) is 15.3. The van der Waals surface area contributed by atoms with Crippen molar-refractivity contribution in [3.8, 4) is 11.9 Å². The highest BCUT2D eigenvalue weighted by Crippen LogP contribution is 2.16. The monoisotopic (exact) mass is 548 g/mol. The van der Waals surface area contributed by atoms with Crippen molar-refractivity contribution in [1.82, 2.24) is 5.32 Å². The van der Waals surface area contributed by atoms with Gasteiger partial charge >= 0.3 is 6.16 Å². The van der Waals surface area contributed by atoms with Crippen LogP contribution in [0.15, 0.2) is 53.8 Å². The summed E-state index contributed by atoms with van der Waals surface area (Å²) in [7, 11) is 1.58. The average molecular weight is 549 g/mol. The van der Waals surface area contributed by atoms with Gasteiger partial charge in [-0.2, -0.15) is 9.83 Å². The molecule has 0 atom stereocenters. The Kier molecular flexibility index (Phi) is 15.7. The predicted octanol–water partition coefficient (Wildman–Crippen LogP) is 3.88. The molecule has 0 aliphatic carbocycles. The third-order valence-electron chi connectivity index (χ3n) is 4.94. The molecule has 0 unspecified atom stereocenters. The number of carbonyl (C=O) groups excluding carboxylic acids is 1. The second kappa shape index (κ2) is 19.5. The summed E-state index contributed by atoms with van der Waals surface area (Å²) in [4.78, 5) is 16.1. The van der Waals surface area contributed by atoms with Crippen LogP contribution in [0.4, 0.5) is 10.5 Å². The number of hydrogen-bond donors (Lipinski definition) is 2. The van der Waals surface area contributed by atoms with Gasteiger partial charge in [-0.1, -0.05) is 18.0 Å². The van der Waals surface area contributed by atoms with E-state index in [1.54, 1.807) is 48.3 Å². The molecule has 0 radical (unpaired) electrons. The van der Waals surface area contributed by atoms with Gasteiger partial charge in [-0.25, -0.2) is 4.79 Å². The number of unbranched alkanes of at least 4 members (excludes halogenated alkanes) is 3. The molecule has 1 aromatic heterocycles. The number of benzene rings is 1. The fourth-order valence-corrected chi connectivity index (χ4v) is 3.13. The smallest absolute Gasteiger partial charge is 0.494 e. The maximum Gasteiger partial charge on any atom is 0.513 e. The number of nitriles is 1. The van der Waals surface area contributed by atoms with E-state index >= 15 is 0 Å². The van der Waals surface area contributed by atoms with Gasteiger partial charge in [0.25, 0.3) is 6.73 Å². The summed E-state index contributed by atoms with van der Waals surface area (Å²) in [6.07, 6.45) is 8.41. The molecule has 1 aromatic carbocycles. The third-order valence-corrected chi connectivity index (χ3v) is 5.20. The van der Waals surface area contributed by atoms with Gasteiger partial charge in [-0.05, 0) is 43.5 Å². The second-order valence-electron chi connectivity index (χ2n) is 7.89. The highest BCUT2D eigenvalue weighted by molar-refractivity contribution is 6.30. The zero-order chi connectivity index (χ0) is 27.3. The minimum absolute atomic E-state index is 0.00816. The van der Waals surface area contributed by atoms with Crippen LogP contribution in [0.3, 0.4) is 0 Å². The van der Waals surface area contributed by atoms with Crippen LogP contribution in [0.1, 0.15) is 25.7 Å². The number of pyridine rings is 1. The molecule has 11 nitrogen and oxygen atoms in total. The molecule has 0 aliphatic rings. The first-order valence-electron chi connectivity index (χ1n) is 12.3. The number of nitrogens with one attached hydrogen (secondary N) is 2. The van der Waals surface area contributed by atoms with E-state index in [0.29, 0.717) is 37.3 Å². The number of ether oxygens (including phenoxy) is 5. The van der Waals surface area contributed by atoms with E-state index in [-0.39, 0.29) is 19.9 Å². The molecular formula is C26H35ClN5O6+. The SMILES string of the molecule is COCCOCCOC(=O)OC[n+]1ccc(N/C(=N\CCCCCCOc2ccc(Cl)cc2)NC#N)cc1. The first kappa shape index (κ1) is 30.6. The molecule has 0 aliphatic heterocycles. The lowest BCUT2D eigenvalue weighted by Gasteiger charge is -2.08. The number of hydrogen-bond acceptors (Lipinski definition) is 8. The fraction of sp³-hybridized carbons (Fsp3) is 0.462. The lowest BCUT2D eigenvalue weighted by molar-refractivity contribution is -0.727. The van der Waals surface area contributed by atoms with Gasteiger partial charge in [0.2, 0.25) is 5.96 Å². The predicted molar refractivity (Wildman–Crippen MR) is 142 cm³/mol. The first-order chi connectivity index (χ1) is 18.6. The molecule has 12 heteroatoms. The van der Waals surface area contributed by atoms with Crippen molar-refractivity contribution in [2.24, 2.45) is 4.99 Å². The van der Waals surface area contributed by atoms with E-state index in [1.807, 2.05) is 18.3 Å². The van der Waals surface area contributed by atoms with Crippen molar-refractivity contribution in [2.75, 3.05) is 52.0 Å². The van der Waals surface area contributed by atoms with Crippen LogP contribution in [0.25, 0.3) is 0 Å². The minimum Gasteiger partial charge on any atom is -0.494 e. The number of nitrogens with zero attached hydrogens (tertiary/aromatic N) is 3. The maximum atomic E-state index is 11.6. The lowest BCUT2D eigenvalue weighted by atomic mass is 10.2. The number of methoxy groups -OCH3 is 1. The molecule has 2 N–H and O–H groups in total. The summed E-state index contributed by atoms with van der Waals surface area (Å²) in [5.41, 5.74) is 0.720. The third kappa shape index (κ3) is 14.2. The molecule has 38 heavy (non-hydrogen) atoms. The van der Waals surface area contributed by atoms with E-state index in [9.17, 15) is 4.79 Å². The zero-order valence-electron chi connectivity index (χ0n) is 21.6. The Morgan fingerprint density at radius 3 is 2.45 bits per heavy atom. The van der Waals surface area contributed by atoms with Gasteiger partial charge in [0.1, 0.15) is 12.4 Å². The largest absolute Gasteiger partial charge is 0.513 e. The molecule has 0 bridgehead atoms. The van der Waals surface area contributed by atoms with E-state index < -0.39 is 6.16 Å². The van der Waals surface area contributed by atoms with Gasteiger partial charge in [0, 0.05) is 30.8 Å². The van der Waals surface area contributed by atoms with Crippen molar-refractivity contribution in [1.29, 1.82) is 5.26 Å². The van der Waals surface area contributed by atoms with Crippen LogP contribution in [-0.4, -0.2) is 58.8 Å². The van der Waals surface area contributed by atoms with Gasteiger partial charge in [0.15, 0.2) is 18.6 Å². The van der Waals surface area contributed by atoms with Gasteiger partial charge in [-0.15, -0.1) is 0 Å². The normalized spacial score (nSPS) is 10.9. The molecule has 0 spiro atoms. The topological polar surface area (TPSA) is 127 Å². The van der Waals surface area contributed by atoms with Crippen LogP contribution in [0, 0.1) is 11.5 Å². The second-order valence-corrected chi connectivity index (χ2v) is 8.32. The molecule has 0 fully saturated rings. The van der Waals surface area contributed by atoms with Crippen LogP contribution >= 0.6 is 11.6 Å². The van der Waals surface area contributed by atoms with E-state index in [1.165, 1.54) is 0 Å². The lowest BCUT2D eigenvalue weighted by Crippen LogP contribution is -2.36. The molecule has 0 saturated heterocycles. The van der Waals surface area contributed by atoms with E-state index in [2.05, 4.69) is 15.6 Å². The first-order valence-corrected chi connectivity index (χ1v) is 12.7. The summed E-state index contributed by atoms with van der Waals surface area (Å²) in [6, 6.07) is 10.9. The quantitative estimate of drug-likeness (QED) is 0.0575. The Bertz CT molecular complexity index is 999. The van der Waals surface area contributed by atoms with Crippen molar-refractivity contribution in [3.63, 3.8) is 0 Å². The van der Waals surface area contributed by atoms with Gasteiger partial charge in [0.05, 0.1) is 32.1 Å². The number of guanidine groups is 1. The number of rotatable bonds is 17. The zero-order valence-corrected chi connectivity index (χ0v) is 22.3. The Morgan fingerprint density at radius 2 is 1.71 bits per heavy atom. The van der Waals surface area contributed by atoms with Crippen molar-refractivity contribution in [2.45, 2.75) is 32.4 Å². The van der Waals surface area contributed by atoms with Crippen LogP contribution < -0.4 is 19.9 Å². The summed E-state index contributed by atoms with van der Waals surface area (Å²) < 4.78 is 27.4. The summed E-state index contributed by atoms with van der Waals surface area (Å²) in [5.74, 6) is 1.18. The van der Waals surface area contributed by atoms with Crippen LogP contribution in [0.5, 0.6) is 5.75 Å². The van der Waals surface area contributed by atoms with Crippen molar-refractivity contribution >= 4 is 29.4 Å². The highest BCUT2D eigenvalue weighted by Gasteiger charge is 2.09. The number of carbonyl (C=O) groups is 1. The molecule has 1 heterocycles. The Hall–Kier alpha value is -3.59. The summed E-state index contributed by atoms with van der Waals surface area (Å²) in [6.45, 7) is 2.51. The molecule has 2 rings (SSSR count). The van der Waals surface area contributed by atoms with Crippen LogP contribution in [-0.2, 0) is 25.7 Å². The Morgan fingerprint density at radius 1 is 0.974 bits per heavy atom. The molecular weight excluding hydrogens is 514 g/mol. The van der Waals surface area contributed by atoms with Crippen LogP contribution in [0.2, 0.25) is 5.02 Å². The Labute approximate surface area is 228 Å². The van der Waals surface area contributed by atoms with Crippen molar-refractivity contribution in [3.05, 3.63) is 53.8 Å². The van der Waals surface area contributed by atoms with E-state index in [0.717, 1.165) is 37.1 Å². The standard InChI is InChI=1S/C26H34ClN5O6/c1-34-16-17-35-18-19-37-26(33)38-21-32-13-10-23(11-14-32)31-25(30-20-28)29-12-4-2-3-5-15-36-24-8-6-22(27)7-9-24/h6-11,13-14H,2-5,12,15-19,21H2,1H3,(H,29,30)/p+1.